The number of thiophene rings is 1. The minimum atomic E-state index is -1.72. The molecule has 3 aromatic heterocycles. The van der Waals surface area contributed by atoms with Crippen LogP contribution >= 0.6 is 11.3 Å². The molecule has 47 heavy (non-hydrogen) atoms. The molecule has 0 saturated heterocycles. The average Bonchev–Trinajstić information content (AvgIpc) is 3.43. The summed E-state index contributed by atoms with van der Waals surface area (Å²) in [5, 5.41) is 2.15. The molecule has 7 rings (SSSR count). The molecule has 0 bridgehead atoms. The van der Waals surface area contributed by atoms with Gasteiger partial charge in [0.05, 0.1) is 0 Å². The number of aromatic nitrogens is 2. The van der Waals surface area contributed by atoms with Crippen molar-refractivity contribution in [3.63, 3.8) is 0 Å². The molecule has 0 aliphatic rings. The van der Waals surface area contributed by atoms with Crippen molar-refractivity contribution in [3.8, 4) is 33.6 Å². The van der Waals surface area contributed by atoms with E-state index >= 15 is 0 Å². The number of nitrogens with zero attached hydrogens (tertiary/aromatic N) is 2. The van der Waals surface area contributed by atoms with Crippen molar-refractivity contribution in [2.45, 2.75) is 37.0 Å². The third-order valence-corrected chi connectivity index (χ3v) is 13.3. The van der Waals surface area contributed by atoms with Gasteiger partial charge in [0.1, 0.15) is 11.6 Å². The Bertz CT molecular complexity index is 2190. The maximum Gasteiger partial charge on any atom is 0 e. The number of fused-ring (bicyclic) bond motifs is 3. The summed E-state index contributed by atoms with van der Waals surface area (Å²) in [6.45, 7) is 3.71. The molecule has 3 heterocycles. The normalized spacial score (nSPS) is 11.9. The van der Waals surface area contributed by atoms with Crippen LogP contribution in [0.25, 0.3) is 53.8 Å². The first-order valence-electron chi connectivity index (χ1n) is 15.6. The molecule has 0 unspecified atom stereocenters. The minimum absolute atomic E-state index is 0. The number of pyridine rings is 2. The van der Waals surface area contributed by atoms with Crippen LogP contribution in [0, 0.1) is 23.8 Å². The van der Waals surface area contributed by atoms with Crippen LogP contribution in [0.3, 0.4) is 0 Å². The first-order valence-corrected chi connectivity index (χ1v) is 23.3. The fraction of sp³-hybridized carbons (Fsp3) is 0.150. The topological polar surface area (TPSA) is 25.8 Å². The van der Waals surface area contributed by atoms with Gasteiger partial charge >= 0.3 is 99.8 Å². The Hall–Kier alpha value is -3.55. The maximum absolute atomic E-state index is 14.3. The van der Waals surface area contributed by atoms with E-state index in [0.717, 1.165) is 54.3 Å². The number of benzene rings is 4. The Morgan fingerprint density at radius 2 is 1.64 bits per heavy atom. The van der Waals surface area contributed by atoms with Crippen LogP contribution in [0.1, 0.15) is 26.7 Å². The van der Waals surface area contributed by atoms with Gasteiger partial charge in [-0.05, 0) is 51.5 Å². The molecular weight excluding hydrogens is 843 g/mol. The van der Waals surface area contributed by atoms with Crippen molar-refractivity contribution in [2.24, 2.45) is 0 Å². The average molecular weight is 879 g/mol. The molecule has 0 atom stereocenters. The Kier molecular flexibility index (Phi) is 10.4. The molecule has 0 aliphatic carbocycles. The van der Waals surface area contributed by atoms with Crippen LogP contribution in [0.4, 0.5) is 8.78 Å². The van der Waals surface area contributed by atoms with Gasteiger partial charge in [-0.2, -0.15) is 11.3 Å². The van der Waals surface area contributed by atoms with Crippen LogP contribution in [0.15, 0.2) is 109 Å². The summed E-state index contributed by atoms with van der Waals surface area (Å²) in [5.74, 6) is 5.26. The molecule has 2 nitrogen and oxygen atoms in total. The van der Waals surface area contributed by atoms with E-state index in [9.17, 15) is 8.78 Å². The van der Waals surface area contributed by atoms with Gasteiger partial charge in [0.2, 0.25) is 0 Å². The molecule has 7 aromatic rings. The van der Waals surface area contributed by atoms with Gasteiger partial charge in [-0.15, -0.1) is 23.8 Å². The quantitative estimate of drug-likeness (QED) is 0.127. The summed E-state index contributed by atoms with van der Waals surface area (Å²) in [5.41, 5.74) is 5.71. The second kappa shape index (κ2) is 14.7. The van der Waals surface area contributed by atoms with E-state index in [1.165, 1.54) is 16.5 Å². The Labute approximate surface area is 297 Å². The van der Waals surface area contributed by atoms with Crippen LogP contribution in [0.2, 0.25) is 17.3 Å². The van der Waals surface area contributed by atoms with E-state index in [1.807, 2.05) is 86.8 Å². The molecule has 0 spiro atoms. The summed E-state index contributed by atoms with van der Waals surface area (Å²) in [4.78, 5) is 9.07. The fourth-order valence-corrected chi connectivity index (χ4v) is 8.67. The monoisotopic (exact) mass is 880 g/mol. The van der Waals surface area contributed by atoms with Gasteiger partial charge in [-0.3, -0.25) is 0 Å². The fourth-order valence-electron chi connectivity index (χ4n) is 5.25. The number of halogens is 2. The second-order valence-electron chi connectivity index (χ2n) is 12.4. The first-order chi connectivity index (χ1) is 22.4. The van der Waals surface area contributed by atoms with E-state index in [2.05, 4.69) is 51.5 Å². The molecule has 0 fully saturated rings. The molecule has 0 aliphatic heterocycles. The minimum Gasteiger partial charge on any atom is 0 e. The van der Waals surface area contributed by atoms with Gasteiger partial charge in [0.15, 0.2) is 0 Å². The zero-order valence-electron chi connectivity index (χ0n) is 27.8. The maximum atomic E-state index is 14.3. The van der Waals surface area contributed by atoms with Crippen LogP contribution in [-0.2, 0) is 20.1 Å². The standard InChI is InChI=1S/C26H18F2NS.C14H16GeN.Ir/c1-15(2)16-10-11-29-24(12-16)22-5-3-4-21-20-8-6-17(13-25(20)30-26(21)22)19-9-7-18(27)14-23(19)28;1-15(2,3)13-9-10-14(16-11-13)12-7-5-4-6-8-12;/h3-4,6-15H,1-2H3;4-7,9-11H,1-3H3;/q2*-1;/i15D;;. The predicted octanol–water partition coefficient (Wildman–Crippen LogP) is 11.1. The van der Waals surface area contributed by atoms with Gasteiger partial charge in [0, 0.05) is 44.0 Å². The number of hydrogen-bond donors (Lipinski definition) is 0. The van der Waals surface area contributed by atoms with Crippen LogP contribution < -0.4 is 4.40 Å². The summed E-state index contributed by atoms with van der Waals surface area (Å²) in [6.07, 6.45) is 3.77. The number of hydrogen-bond acceptors (Lipinski definition) is 3. The Morgan fingerprint density at radius 3 is 2.32 bits per heavy atom. The Morgan fingerprint density at radius 1 is 0.809 bits per heavy atom. The van der Waals surface area contributed by atoms with E-state index in [0.29, 0.717) is 11.1 Å². The largest absolute Gasteiger partial charge is 0 e. The molecular formula is C40H34F2GeIrN2S-2. The van der Waals surface area contributed by atoms with Crippen molar-refractivity contribution in [2.75, 3.05) is 0 Å². The SMILES string of the molecule is [2H]C(C)(C)c1ccnc(-c2[c-]ccc3c2sc2cc(-c4ccc(F)cc4F)ccc23)c1.[CH3][Ge]([CH3])([CH3])[c]1ccc(-c2[c-]cccc2)nc1.[Ir]. The van der Waals surface area contributed by atoms with Crippen molar-refractivity contribution in [1.82, 2.24) is 9.97 Å². The molecule has 239 valence electrons. The summed E-state index contributed by atoms with van der Waals surface area (Å²) < 4.78 is 39.4. The molecule has 0 amide bonds. The molecule has 7 heteroatoms. The summed E-state index contributed by atoms with van der Waals surface area (Å²) >= 11 is -0.116. The van der Waals surface area contributed by atoms with Crippen molar-refractivity contribution in [1.29, 1.82) is 0 Å². The van der Waals surface area contributed by atoms with E-state index in [1.54, 1.807) is 17.5 Å². The molecule has 1 radical (unpaired) electrons. The molecule has 0 N–H and O–H groups in total. The number of rotatable bonds is 5. The zero-order valence-corrected chi connectivity index (χ0v) is 32.1. The van der Waals surface area contributed by atoms with Gasteiger partial charge in [0.25, 0.3) is 0 Å². The summed E-state index contributed by atoms with van der Waals surface area (Å²) in [6, 6.07) is 36.0. The third kappa shape index (κ3) is 7.79. The summed E-state index contributed by atoms with van der Waals surface area (Å²) in [7, 11) is 0. The van der Waals surface area contributed by atoms with E-state index < -0.39 is 30.8 Å². The molecule has 0 saturated carbocycles. The Balaban J connectivity index is 0.000000224. The van der Waals surface area contributed by atoms with Crippen molar-refractivity contribution < 1.29 is 30.3 Å². The van der Waals surface area contributed by atoms with Gasteiger partial charge < -0.3 is 4.98 Å². The predicted molar refractivity (Wildman–Crippen MR) is 192 cm³/mol. The smallest absolute Gasteiger partial charge is 0 e. The van der Waals surface area contributed by atoms with Gasteiger partial charge in [-0.1, -0.05) is 43.0 Å². The second-order valence-corrected chi connectivity index (χ2v) is 24.1. The van der Waals surface area contributed by atoms with Gasteiger partial charge in [-0.25, -0.2) is 8.78 Å². The van der Waals surface area contributed by atoms with Crippen LogP contribution in [0.5, 0.6) is 0 Å². The van der Waals surface area contributed by atoms with Crippen LogP contribution in [-0.4, -0.2) is 23.2 Å². The van der Waals surface area contributed by atoms with E-state index in [4.69, 9.17) is 1.37 Å². The van der Waals surface area contributed by atoms with E-state index in [-0.39, 0.29) is 20.1 Å². The third-order valence-electron chi connectivity index (χ3n) is 7.88. The molecule has 4 aromatic carbocycles. The first kappa shape index (κ1) is 33.4. The zero-order chi connectivity index (χ0) is 33.3. The van der Waals surface area contributed by atoms with Crippen molar-refractivity contribution in [3.05, 3.63) is 139 Å². The van der Waals surface area contributed by atoms with Crippen molar-refractivity contribution >= 4 is 49.2 Å².